The van der Waals surface area contributed by atoms with Crippen LogP contribution < -0.4 is 4.74 Å². The maximum atomic E-state index is 13.2. The number of halogens is 2. The van der Waals surface area contributed by atoms with Crippen molar-refractivity contribution in [1.29, 1.82) is 0 Å². The van der Waals surface area contributed by atoms with Crippen LogP contribution in [0.25, 0.3) is 0 Å². The SMILES string of the molecule is CCC[SiH]1CCC(C2CCC(C(=O)Oc3ccc(F)c(F)c3)CC2)CC1. The van der Waals surface area contributed by atoms with Crippen molar-refractivity contribution in [2.45, 2.75) is 70.0 Å². The molecule has 1 saturated heterocycles. The first kappa shape index (κ1) is 19.5. The minimum atomic E-state index is -0.985. The molecule has 2 aliphatic rings. The molecule has 0 N–H and O–H groups in total. The fraction of sp³-hybridized carbons (Fsp3) is 0.667. The van der Waals surface area contributed by atoms with E-state index in [2.05, 4.69) is 6.92 Å². The molecule has 144 valence electrons. The Bertz CT molecular complexity index is 606. The molecule has 5 heteroatoms. The molecule has 1 saturated carbocycles. The van der Waals surface area contributed by atoms with E-state index in [1.807, 2.05) is 0 Å². The van der Waals surface area contributed by atoms with Crippen molar-refractivity contribution in [3.8, 4) is 5.75 Å². The number of rotatable bonds is 5. The summed E-state index contributed by atoms with van der Waals surface area (Å²) in [6, 6.07) is 7.77. The summed E-state index contributed by atoms with van der Waals surface area (Å²) in [6.45, 7) is 2.31. The highest BCUT2D eigenvalue weighted by molar-refractivity contribution is 6.58. The van der Waals surface area contributed by atoms with Gasteiger partial charge in [-0.1, -0.05) is 44.3 Å². The van der Waals surface area contributed by atoms with Gasteiger partial charge in [-0.3, -0.25) is 4.79 Å². The summed E-state index contributed by atoms with van der Waals surface area (Å²) in [4.78, 5) is 12.3. The number of ether oxygens (including phenoxy) is 1. The average molecular weight is 381 g/mol. The number of hydrogen-bond donors (Lipinski definition) is 0. The van der Waals surface area contributed by atoms with Crippen molar-refractivity contribution in [3.63, 3.8) is 0 Å². The lowest BCUT2D eigenvalue weighted by atomic mass is 9.74. The van der Waals surface area contributed by atoms with Crippen LogP contribution >= 0.6 is 0 Å². The molecule has 1 aliphatic heterocycles. The molecule has 0 atom stereocenters. The van der Waals surface area contributed by atoms with Crippen molar-refractivity contribution < 1.29 is 18.3 Å². The maximum Gasteiger partial charge on any atom is 0.314 e. The van der Waals surface area contributed by atoms with Crippen LogP contribution in [0.5, 0.6) is 5.75 Å². The van der Waals surface area contributed by atoms with Crippen LogP contribution in [0.4, 0.5) is 8.78 Å². The predicted molar refractivity (Wildman–Crippen MR) is 102 cm³/mol. The Labute approximate surface area is 156 Å². The van der Waals surface area contributed by atoms with Crippen LogP contribution in [-0.4, -0.2) is 14.8 Å². The van der Waals surface area contributed by atoms with E-state index in [9.17, 15) is 13.6 Å². The standard InChI is InChI=1S/C21H30F2O2Si/c1-2-11-26-12-9-16(10-13-26)15-3-5-17(6-4-15)21(24)25-18-7-8-19(22)20(23)14-18/h7-8,14-17,26H,2-6,9-13H2,1H3. The monoisotopic (exact) mass is 380 g/mol. The Morgan fingerprint density at radius 1 is 1.04 bits per heavy atom. The second kappa shape index (κ2) is 9.11. The van der Waals surface area contributed by atoms with Gasteiger partial charge in [-0.05, 0) is 49.7 Å². The molecule has 1 aliphatic carbocycles. The summed E-state index contributed by atoms with van der Waals surface area (Å²) in [6.07, 6.45) is 8.09. The minimum Gasteiger partial charge on any atom is -0.426 e. The van der Waals surface area contributed by atoms with Gasteiger partial charge in [0.25, 0.3) is 0 Å². The quantitative estimate of drug-likeness (QED) is 0.371. The first-order chi connectivity index (χ1) is 12.6. The first-order valence-electron chi connectivity index (χ1n) is 10.2. The molecule has 1 aromatic carbocycles. The third-order valence-electron chi connectivity index (χ3n) is 6.47. The topological polar surface area (TPSA) is 26.3 Å². The Kier molecular flexibility index (Phi) is 6.84. The molecule has 0 unspecified atom stereocenters. The van der Waals surface area contributed by atoms with E-state index in [0.29, 0.717) is 0 Å². The van der Waals surface area contributed by atoms with E-state index in [0.717, 1.165) is 49.7 Å². The van der Waals surface area contributed by atoms with Crippen molar-refractivity contribution in [1.82, 2.24) is 0 Å². The summed E-state index contributed by atoms with van der Waals surface area (Å²) < 4.78 is 31.5. The Morgan fingerprint density at radius 2 is 1.69 bits per heavy atom. The Morgan fingerprint density at radius 3 is 2.31 bits per heavy atom. The van der Waals surface area contributed by atoms with Gasteiger partial charge in [-0.25, -0.2) is 8.78 Å². The third kappa shape index (κ3) is 4.93. The lowest BCUT2D eigenvalue weighted by molar-refractivity contribution is -0.140. The fourth-order valence-electron chi connectivity index (χ4n) is 4.92. The highest BCUT2D eigenvalue weighted by Gasteiger charge is 2.33. The van der Waals surface area contributed by atoms with Crippen molar-refractivity contribution >= 4 is 14.8 Å². The van der Waals surface area contributed by atoms with Crippen molar-refractivity contribution in [3.05, 3.63) is 29.8 Å². The van der Waals surface area contributed by atoms with Gasteiger partial charge in [0, 0.05) is 14.9 Å². The van der Waals surface area contributed by atoms with E-state index in [4.69, 9.17) is 4.74 Å². The zero-order valence-corrected chi connectivity index (χ0v) is 16.8. The number of carbonyl (C=O) groups is 1. The van der Waals surface area contributed by atoms with E-state index in [1.54, 1.807) is 0 Å². The second-order valence-corrected chi connectivity index (χ2v) is 11.6. The molecule has 0 amide bonds. The highest BCUT2D eigenvalue weighted by atomic mass is 28.3. The second-order valence-electron chi connectivity index (χ2n) is 8.18. The maximum absolute atomic E-state index is 13.2. The molecule has 2 fully saturated rings. The zero-order chi connectivity index (χ0) is 18.5. The van der Waals surface area contributed by atoms with Gasteiger partial charge in [0.05, 0.1) is 5.92 Å². The van der Waals surface area contributed by atoms with Crippen LogP contribution in [0.1, 0.15) is 51.9 Å². The van der Waals surface area contributed by atoms with E-state index < -0.39 is 20.4 Å². The molecule has 26 heavy (non-hydrogen) atoms. The van der Waals surface area contributed by atoms with Crippen LogP contribution in [0.2, 0.25) is 18.1 Å². The van der Waals surface area contributed by atoms with Gasteiger partial charge in [-0.2, -0.15) is 0 Å². The predicted octanol–water partition coefficient (Wildman–Crippen LogP) is 5.72. The van der Waals surface area contributed by atoms with Crippen LogP contribution in [0, 0.1) is 29.4 Å². The largest absolute Gasteiger partial charge is 0.426 e. The number of hydrogen-bond acceptors (Lipinski definition) is 2. The van der Waals surface area contributed by atoms with Crippen molar-refractivity contribution in [2.75, 3.05) is 0 Å². The molecule has 1 heterocycles. The fourth-order valence-corrected chi connectivity index (χ4v) is 8.40. The molecule has 0 radical (unpaired) electrons. The van der Waals surface area contributed by atoms with Crippen LogP contribution in [0.15, 0.2) is 18.2 Å². The molecule has 0 bridgehead atoms. The molecule has 2 nitrogen and oxygen atoms in total. The number of carbonyl (C=O) groups excluding carboxylic acids is 1. The molecule has 1 aromatic rings. The van der Waals surface area contributed by atoms with Gasteiger partial charge in [0.1, 0.15) is 5.75 Å². The number of esters is 1. The summed E-state index contributed by atoms with van der Waals surface area (Å²) >= 11 is 0. The van der Waals surface area contributed by atoms with E-state index >= 15 is 0 Å². The molecular weight excluding hydrogens is 350 g/mol. The van der Waals surface area contributed by atoms with E-state index in [1.165, 1.54) is 43.5 Å². The summed E-state index contributed by atoms with van der Waals surface area (Å²) in [7, 11) is -0.427. The summed E-state index contributed by atoms with van der Waals surface area (Å²) in [5.74, 6) is -0.602. The molecule has 0 aromatic heterocycles. The lowest BCUT2D eigenvalue weighted by Gasteiger charge is -2.37. The first-order valence-corrected chi connectivity index (χ1v) is 12.7. The minimum absolute atomic E-state index is 0.0928. The molecule has 3 rings (SSSR count). The molecule has 0 spiro atoms. The smallest absolute Gasteiger partial charge is 0.314 e. The summed E-state index contributed by atoms with van der Waals surface area (Å²) in [5.41, 5.74) is 0. The van der Waals surface area contributed by atoms with Crippen LogP contribution in [-0.2, 0) is 4.79 Å². The average Bonchev–Trinajstić information content (AvgIpc) is 2.66. The van der Waals surface area contributed by atoms with Gasteiger partial charge < -0.3 is 4.74 Å². The van der Waals surface area contributed by atoms with Gasteiger partial charge in [0.15, 0.2) is 11.6 Å². The Hall–Kier alpha value is -1.23. The zero-order valence-electron chi connectivity index (χ0n) is 15.7. The Balaban J connectivity index is 1.44. The number of benzene rings is 1. The van der Waals surface area contributed by atoms with E-state index in [-0.39, 0.29) is 17.6 Å². The van der Waals surface area contributed by atoms with Gasteiger partial charge >= 0.3 is 5.97 Å². The molecular formula is C21H30F2O2Si. The normalized spacial score (nSPS) is 29.3. The van der Waals surface area contributed by atoms with Gasteiger partial charge in [0.2, 0.25) is 0 Å². The van der Waals surface area contributed by atoms with Crippen molar-refractivity contribution in [2.24, 2.45) is 17.8 Å². The highest BCUT2D eigenvalue weighted by Crippen LogP contribution is 2.41. The lowest BCUT2D eigenvalue weighted by Crippen LogP contribution is -2.31. The third-order valence-corrected chi connectivity index (χ3v) is 10.2. The van der Waals surface area contributed by atoms with Crippen LogP contribution in [0.3, 0.4) is 0 Å². The van der Waals surface area contributed by atoms with Gasteiger partial charge in [-0.15, -0.1) is 0 Å². The summed E-state index contributed by atoms with van der Waals surface area (Å²) in [5, 5.41) is 0.